The maximum absolute atomic E-state index is 6.46. The highest BCUT2D eigenvalue weighted by molar-refractivity contribution is 6.14. The van der Waals surface area contributed by atoms with Gasteiger partial charge in [-0.05, 0) is 93.7 Å². The fourth-order valence-corrected chi connectivity index (χ4v) is 9.47. The Balaban J connectivity index is 1.00. The zero-order valence-corrected chi connectivity index (χ0v) is 33.2. The molecular formula is C58H38N2O. The van der Waals surface area contributed by atoms with Crippen molar-refractivity contribution in [3.8, 4) is 39.1 Å². The van der Waals surface area contributed by atoms with Crippen LogP contribution in [0.5, 0.6) is 0 Å². The second-order valence-electron chi connectivity index (χ2n) is 15.6. The van der Waals surface area contributed by atoms with Crippen molar-refractivity contribution in [3.05, 3.63) is 231 Å². The lowest BCUT2D eigenvalue weighted by atomic mass is 9.95. The van der Waals surface area contributed by atoms with Crippen molar-refractivity contribution in [1.82, 2.24) is 4.57 Å². The Kier molecular flexibility index (Phi) is 8.17. The number of rotatable bonds is 7. The number of aromatic nitrogens is 1. The van der Waals surface area contributed by atoms with Gasteiger partial charge in [0.15, 0.2) is 0 Å². The molecule has 0 unspecified atom stereocenters. The summed E-state index contributed by atoms with van der Waals surface area (Å²) in [6.07, 6.45) is 0. The second-order valence-corrected chi connectivity index (χ2v) is 15.6. The van der Waals surface area contributed by atoms with E-state index in [1.165, 1.54) is 49.3 Å². The number of fused-ring (bicyclic) bond motifs is 7. The van der Waals surface area contributed by atoms with Crippen molar-refractivity contribution in [2.24, 2.45) is 0 Å². The highest BCUT2D eigenvalue weighted by Crippen LogP contribution is 2.47. The molecule has 61 heavy (non-hydrogen) atoms. The van der Waals surface area contributed by atoms with E-state index in [2.05, 4.69) is 234 Å². The van der Waals surface area contributed by atoms with Crippen LogP contribution in [0.2, 0.25) is 0 Å². The summed E-state index contributed by atoms with van der Waals surface area (Å²) in [4.78, 5) is 2.41. The fraction of sp³-hybridized carbons (Fsp3) is 0. The van der Waals surface area contributed by atoms with Crippen LogP contribution in [-0.4, -0.2) is 4.57 Å². The summed E-state index contributed by atoms with van der Waals surface area (Å²) in [6, 6.07) is 82.9. The van der Waals surface area contributed by atoms with E-state index in [0.717, 1.165) is 61.4 Å². The summed E-state index contributed by atoms with van der Waals surface area (Å²) in [7, 11) is 0. The molecule has 12 rings (SSSR count). The first kappa shape index (κ1) is 34.9. The van der Waals surface area contributed by atoms with E-state index in [-0.39, 0.29) is 0 Å². The molecule has 0 aliphatic carbocycles. The molecule has 12 aromatic rings. The topological polar surface area (TPSA) is 21.3 Å². The van der Waals surface area contributed by atoms with E-state index in [9.17, 15) is 0 Å². The lowest BCUT2D eigenvalue weighted by Crippen LogP contribution is -2.11. The Labute approximate surface area is 353 Å². The number of para-hydroxylation sites is 5. The Hall–Kier alpha value is -8.14. The van der Waals surface area contributed by atoms with Gasteiger partial charge in [0.25, 0.3) is 0 Å². The third-order valence-corrected chi connectivity index (χ3v) is 12.2. The zero-order valence-electron chi connectivity index (χ0n) is 33.2. The van der Waals surface area contributed by atoms with Gasteiger partial charge in [-0.25, -0.2) is 0 Å². The van der Waals surface area contributed by atoms with Gasteiger partial charge in [-0.1, -0.05) is 170 Å². The molecule has 0 aliphatic rings. The molecule has 0 N–H and O–H groups in total. The summed E-state index contributed by atoms with van der Waals surface area (Å²) in [5, 5.41) is 7.13. The lowest BCUT2D eigenvalue weighted by Gasteiger charge is -2.29. The molecule has 0 aliphatic heterocycles. The summed E-state index contributed by atoms with van der Waals surface area (Å²) in [6.45, 7) is 0. The van der Waals surface area contributed by atoms with E-state index in [1.807, 2.05) is 6.07 Å². The van der Waals surface area contributed by atoms with Crippen LogP contribution in [0.15, 0.2) is 235 Å². The minimum absolute atomic E-state index is 0.862. The molecule has 0 fully saturated rings. The molecule has 286 valence electrons. The summed E-state index contributed by atoms with van der Waals surface area (Å²) < 4.78 is 8.87. The van der Waals surface area contributed by atoms with E-state index < -0.39 is 0 Å². The maximum Gasteiger partial charge on any atom is 0.137 e. The van der Waals surface area contributed by atoms with Gasteiger partial charge in [0, 0.05) is 33.0 Å². The van der Waals surface area contributed by atoms with Gasteiger partial charge in [-0.2, -0.15) is 0 Å². The number of nitrogens with zero attached hydrogens (tertiary/aromatic N) is 2. The highest BCUT2D eigenvalue weighted by Gasteiger charge is 2.23. The predicted molar refractivity (Wildman–Crippen MR) is 257 cm³/mol. The zero-order chi connectivity index (χ0) is 40.3. The first-order valence-electron chi connectivity index (χ1n) is 20.8. The standard InChI is InChI=1S/C58H38N2O/c1-2-20-44-40(16-1)17-14-26-46(44)47-22-4-9-28-52(47)59(55-31-15-33-57-58(55)50-25-7-12-32-56(50)61-57)43-36-34-39(35-37-43)41-18-13-19-42(38-41)45-21-3-8-27-51(45)60-53-29-10-5-23-48(53)49-24-6-11-30-54(49)60/h1-38H. The van der Waals surface area contributed by atoms with Gasteiger partial charge in [0.1, 0.15) is 11.2 Å². The summed E-state index contributed by atoms with van der Waals surface area (Å²) in [5.41, 5.74) is 15.5. The maximum atomic E-state index is 6.46. The first-order valence-corrected chi connectivity index (χ1v) is 20.8. The Morgan fingerprint density at radius 3 is 1.72 bits per heavy atom. The summed E-state index contributed by atoms with van der Waals surface area (Å²) in [5.74, 6) is 0. The monoisotopic (exact) mass is 778 g/mol. The minimum Gasteiger partial charge on any atom is -0.456 e. The van der Waals surface area contributed by atoms with Crippen molar-refractivity contribution in [2.45, 2.75) is 0 Å². The molecule has 2 aromatic heterocycles. The Bertz CT molecular complexity index is 3550. The van der Waals surface area contributed by atoms with Crippen LogP contribution >= 0.6 is 0 Å². The van der Waals surface area contributed by atoms with E-state index in [1.54, 1.807) is 0 Å². The molecule has 10 aromatic carbocycles. The van der Waals surface area contributed by atoms with Crippen molar-refractivity contribution in [2.75, 3.05) is 4.90 Å². The average molecular weight is 779 g/mol. The molecular weight excluding hydrogens is 741 g/mol. The minimum atomic E-state index is 0.862. The van der Waals surface area contributed by atoms with Crippen LogP contribution in [0.25, 0.3) is 93.6 Å². The van der Waals surface area contributed by atoms with Crippen LogP contribution in [0.1, 0.15) is 0 Å². The highest BCUT2D eigenvalue weighted by atomic mass is 16.3. The van der Waals surface area contributed by atoms with Crippen LogP contribution in [0.3, 0.4) is 0 Å². The van der Waals surface area contributed by atoms with Gasteiger partial charge >= 0.3 is 0 Å². The summed E-state index contributed by atoms with van der Waals surface area (Å²) >= 11 is 0. The average Bonchev–Trinajstić information content (AvgIpc) is 3.88. The van der Waals surface area contributed by atoms with Gasteiger partial charge in [-0.15, -0.1) is 0 Å². The van der Waals surface area contributed by atoms with E-state index in [4.69, 9.17) is 4.42 Å². The van der Waals surface area contributed by atoms with Crippen LogP contribution in [0, 0.1) is 0 Å². The molecule has 0 saturated heterocycles. The van der Waals surface area contributed by atoms with Crippen molar-refractivity contribution in [3.63, 3.8) is 0 Å². The SMILES string of the molecule is c1cc(-c2ccc(N(c3ccccc3-c3cccc4ccccc34)c3cccc4oc5ccccc5c34)cc2)cc(-c2ccccc2-n2c3ccccc3c3ccccc32)c1. The third kappa shape index (κ3) is 5.74. The van der Waals surface area contributed by atoms with E-state index in [0.29, 0.717) is 0 Å². The van der Waals surface area contributed by atoms with Crippen LogP contribution < -0.4 is 4.90 Å². The number of anilines is 3. The molecule has 3 nitrogen and oxygen atoms in total. The van der Waals surface area contributed by atoms with E-state index >= 15 is 0 Å². The van der Waals surface area contributed by atoms with Gasteiger partial charge in [-0.3, -0.25) is 0 Å². The van der Waals surface area contributed by atoms with Crippen molar-refractivity contribution >= 4 is 71.6 Å². The predicted octanol–water partition coefficient (Wildman–Crippen LogP) is 16.3. The van der Waals surface area contributed by atoms with Crippen LogP contribution in [0.4, 0.5) is 17.1 Å². The van der Waals surface area contributed by atoms with Gasteiger partial charge < -0.3 is 13.9 Å². The molecule has 0 amide bonds. The molecule has 2 heterocycles. The second kappa shape index (κ2) is 14.3. The van der Waals surface area contributed by atoms with Crippen molar-refractivity contribution in [1.29, 1.82) is 0 Å². The molecule has 0 spiro atoms. The number of benzene rings is 10. The first-order chi connectivity index (χ1) is 30.3. The fourth-order valence-electron chi connectivity index (χ4n) is 9.47. The Morgan fingerprint density at radius 2 is 0.902 bits per heavy atom. The number of furan rings is 1. The van der Waals surface area contributed by atoms with Crippen molar-refractivity contribution < 1.29 is 4.42 Å². The van der Waals surface area contributed by atoms with Gasteiger partial charge in [0.2, 0.25) is 0 Å². The molecule has 0 saturated carbocycles. The molecule has 3 heteroatoms. The molecule has 0 atom stereocenters. The number of hydrogen-bond acceptors (Lipinski definition) is 2. The van der Waals surface area contributed by atoms with Gasteiger partial charge in [0.05, 0.1) is 33.5 Å². The Morgan fingerprint density at radius 1 is 0.344 bits per heavy atom. The quantitative estimate of drug-likeness (QED) is 0.161. The normalized spacial score (nSPS) is 11.6. The lowest BCUT2D eigenvalue weighted by molar-refractivity contribution is 0.669. The number of hydrogen-bond donors (Lipinski definition) is 0. The molecule has 0 bridgehead atoms. The largest absolute Gasteiger partial charge is 0.456 e. The van der Waals surface area contributed by atoms with Crippen LogP contribution in [-0.2, 0) is 0 Å². The third-order valence-electron chi connectivity index (χ3n) is 12.2. The molecule has 0 radical (unpaired) electrons. The smallest absolute Gasteiger partial charge is 0.137 e.